The zero-order valence-electron chi connectivity index (χ0n) is 8.69. The van der Waals surface area contributed by atoms with Gasteiger partial charge in [-0.3, -0.25) is 4.84 Å². The third kappa shape index (κ3) is 2.11. The van der Waals surface area contributed by atoms with Crippen LogP contribution in [0, 0.1) is 11.6 Å². The standard InChI is InChI=1S/C9H10F2N2O3S/c10-7-4-6(12)5-8(9(7)11)17(14,15)13-2-1-3-16-13/h4-5H,1-3,12H2. The van der Waals surface area contributed by atoms with Crippen LogP contribution in [0.1, 0.15) is 6.42 Å². The number of nitrogen functional groups attached to an aromatic ring is 1. The predicted octanol–water partition coefficient (Wildman–Crippen LogP) is 0.873. The molecule has 0 atom stereocenters. The van der Waals surface area contributed by atoms with Crippen LogP contribution in [0.15, 0.2) is 17.0 Å². The molecule has 0 bridgehead atoms. The maximum Gasteiger partial charge on any atom is 0.268 e. The molecule has 2 rings (SSSR count). The summed E-state index contributed by atoms with van der Waals surface area (Å²) in [6.07, 6.45) is 0.506. The van der Waals surface area contributed by atoms with Gasteiger partial charge in [0, 0.05) is 12.2 Å². The van der Waals surface area contributed by atoms with Crippen LogP contribution in [-0.4, -0.2) is 26.0 Å². The molecular weight excluding hydrogens is 254 g/mol. The molecule has 1 fully saturated rings. The quantitative estimate of drug-likeness (QED) is 0.804. The van der Waals surface area contributed by atoms with Crippen LogP contribution in [0.2, 0.25) is 0 Å². The fraction of sp³-hybridized carbons (Fsp3) is 0.333. The normalized spacial score (nSPS) is 17.5. The van der Waals surface area contributed by atoms with Crippen molar-refractivity contribution < 1.29 is 22.0 Å². The Hall–Kier alpha value is -1.25. The van der Waals surface area contributed by atoms with Crippen LogP contribution >= 0.6 is 0 Å². The highest BCUT2D eigenvalue weighted by Crippen LogP contribution is 2.26. The minimum absolute atomic E-state index is 0.109. The number of sulfonamides is 1. The third-order valence-electron chi connectivity index (χ3n) is 2.28. The van der Waals surface area contributed by atoms with E-state index in [2.05, 4.69) is 0 Å². The Kier molecular flexibility index (Phi) is 3.02. The first-order chi connectivity index (χ1) is 7.93. The van der Waals surface area contributed by atoms with E-state index in [0.717, 1.165) is 12.1 Å². The number of anilines is 1. The van der Waals surface area contributed by atoms with Crippen LogP contribution < -0.4 is 5.73 Å². The Morgan fingerprint density at radius 2 is 2.06 bits per heavy atom. The lowest BCUT2D eigenvalue weighted by Crippen LogP contribution is -2.28. The van der Waals surface area contributed by atoms with Gasteiger partial charge < -0.3 is 5.73 Å². The fourth-order valence-electron chi connectivity index (χ4n) is 1.50. The first-order valence-electron chi connectivity index (χ1n) is 4.83. The Morgan fingerprint density at radius 3 is 2.65 bits per heavy atom. The lowest BCUT2D eigenvalue weighted by Gasteiger charge is -2.15. The summed E-state index contributed by atoms with van der Waals surface area (Å²) in [6, 6.07) is 1.59. The van der Waals surface area contributed by atoms with E-state index < -0.39 is 26.6 Å². The van der Waals surface area contributed by atoms with E-state index in [0.29, 0.717) is 10.9 Å². The van der Waals surface area contributed by atoms with Gasteiger partial charge in [-0.25, -0.2) is 17.2 Å². The second kappa shape index (κ2) is 4.21. The molecule has 94 valence electrons. The lowest BCUT2D eigenvalue weighted by atomic mass is 10.3. The molecule has 1 heterocycles. The van der Waals surface area contributed by atoms with E-state index in [9.17, 15) is 17.2 Å². The highest BCUT2D eigenvalue weighted by atomic mass is 32.2. The molecule has 0 radical (unpaired) electrons. The Labute approximate surface area is 96.8 Å². The number of benzene rings is 1. The molecule has 2 N–H and O–H groups in total. The number of nitrogens with two attached hydrogens (primary N) is 1. The molecule has 1 aliphatic heterocycles. The topological polar surface area (TPSA) is 72.6 Å². The van der Waals surface area contributed by atoms with Gasteiger partial charge >= 0.3 is 0 Å². The van der Waals surface area contributed by atoms with Crippen molar-refractivity contribution in [1.29, 1.82) is 0 Å². The van der Waals surface area contributed by atoms with Crippen LogP contribution in [0.25, 0.3) is 0 Å². The SMILES string of the molecule is Nc1cc(F)c(F)c(S(=O)(=O)N2CCCO2)c1. The summed E-state index contributed by atoms with van der Waals surface area (Å²) in [4.78, 5) is 4.01. The van der Waals surface area contributed by atoms with Gasteiger partial charge in [-0.15, -0.1) is 0 Å². The molecule has 0 saturated carbocycles. The molecule has 5 nitrogen and oxygen atoms in total. The first-order valence-corrected chi connectivity index (χ1v) is 6.27. The number of hydrogen-bond donors (Lipinski definition) is 1. The Balaban J connectivity index is 2.52. The highest BCUT2D eigenvalue weighted by molar-refractivity contribution is 7.89. The third-order valence-corrected chi connectivity index (χ3v) is 3.96. The van der Waals surface area contributed by atoms with Gasteiger partial charge in [0.15, 0.2) is 11.6 Å². The average Bonchev–Trinajstić information content (AvgIpc) is 2.76. The molecular formula is C9H10F2N2O3S. The van der Waals surface area contributed by atoms with Crippen molar-refractivity contribution in [1.82, 2.24) is 4.47 Å². The monoisotopic (exact) mass is 264 g/mol. The number of halogens is 2. The predicted molar refractivity (Wildman–Crippen MR) is 55.2 cm³/mol. The number of hydrogen-bond acceptors (Lipinski definition) is 4. The summed E-state index contributed by atoms with van der Waals surface area (Å²) >= 11 is 0. The minimum Gasteiger partial charge on any atom is -0.399 e. The van der Waals surface area contributed by atoms with E-state index in [1.54, 1.807) is 0 Å². The molecule has 0 aromatic heterocycles. The molecule has 1 aromatic rings. The van der Waals surface area contributed by atoms with Crippen LogP contribution in [-0.2, 0) is 14.9 Å². The van der Waals surface area contributed by atoms with Gasteiger partial charge in [0.1, 0.15) is 4.90 Å². The van der Waals surface area contributed by atoms with E-state index in [-0.39, 0.29) is 18.8 Å². The number of nitrogens with zero attached hydrogens (tertiary/aromatic N) is 1. The fourth-order valence-corrected chi connectivity index (χ4v) is 2.91. The van der Waals surface area contributed by atoms with E-state index in [1.165, 1.54) is 0 Å². The molecule has 1 aliphatic rings. The summed E-state index contributed by atoms with van der Waals surface area (Å²) < 4.78 is 51.0. The maximum atomic E-state index is 13.4. The molecule has 1 aromatic carbocycles. The molecule has 0 aliphatic carbocycles. The Morgan fingerprint density at radius 1 is 1.35 bits per heavy atom. The van der Waals surface area contributed by atoms with E-state index >= 15 is 0 Å². The Bertz CT molecular complexity index is 541. The molecule has 0 spiro atoms. The second-order valence-corrected chi connectivity index (χ2v) is 5.33. The minimum atomic E-state index is -4.20. The van der Waals surface area contributed by atoms with Crippen molar-refractivity contribution in [3.8, 4) is 0 Å². The molecule has 8 heteroatoms. The summed E-state index contributed by atoms with van der Waals surface area (Å²) in [6.45, 7) is 0.337. The van der Waals surface area contributed by atoms with Crippen molar-refractivity contribution in [2.24, 2.45) is 0 Å². The lowest BCUT2D eigenvalue weighted by molar-refractivity contribution is -0.0286. The summed E-state index contributed by atoms with van der Waals surface area (Å²) in [5, 5.41) is 0. The van der Waals surface area contributed by atoms with Gasteiger partial charge in [-0.1, -0.05) is 4.47 Å². The van der Waals surface area contributed by atoms with E-state index in [1.807, 2.05) is 0 Å². The van der Waals surface area contributed by atoms with Crippen LogP contribution in [0.3, 0.4) is 0 Å². The van der Waals surface area contributed by atoms with Crippen molar-refractivity contribution in [2.45, 2.75) is 11.3 Å². The van der Waals surface area contributed by atoms with Crippen molar-refractivity contribution in [3.05, 3.63) is 23.8 Å². The van der Waals surface area contributed by atoms with Gasteiger partial charge in [0.05, 0.1) is 6.61 Å². The second-order valence-electron chi connectivity index (χ2n) is 3.53. The first kappa shape index (κ1) is 12.2. The van der Waals surface area contributed by atoms with Crippen molar-refractivity contribution in [3.63, 3.8) is 0 Å². The van der Waals surface area contributed by atoms with Gasteiger partial charge in [0.25, 0.3) is 10.0 Å². The smallest absolute Gasteiger partial charge is 0.268 e. The molecule has 1 saturated heterocycles. The molecule has 0 unspecified atom stereocenters. The molecule has 0 amide bonds. The largest absolute Gasteiger partial charge is 0.399 e. The van der Waals surface area contributed by atoms with Crippen molar-refractivity contribution in [2.75, 3.05) is 18.9 Å². The van der Waals surface area contributed by atoms with Gasteiger partial charge in [-0.05, 0) is 18.6 Å². The van der Waals surface area contributed by atoms with Crippen LogP contribution in [0.4, 0.5) is 14.5 Å². The number of hydroxylamine groups is 1. The van der Waals surface area contributed by atoms with Gasteiger partial charge in [0.2, 0.25) is 0 Å². The summed E-state index contributed by atoms with van der Waals surface area (Å²) in [5.41, 5.74) is 5.13. The van der Waals surface area contributed by atoms with Gasteiger partial charge in [-0.2, -0.15) is 0 Å². The maximum absolute atomic E-state index is 13.4. The van der Waals surface area contributed by atoms with Crippen molar-refractivity contribution >= 4 is 15.7 Å². The summed E-state index contributed by atoms with van der Waals surface area (Å²) in [7, 11) is -4.20. The highest BCUT2D eigenvalue weighted by Gasteiger charge is 2.32. The average molecular weight is 264 g/mol. The van der Waals surface area contributed by atoms with Crippen LogP contribution in [0.5, 0.6) is 0 Å². The zero-order chi connectivity index (χ0) is 12.6. The summed E-state index contributed by atoms with van der Waals surface area (Å²) in [5.74, 6) is -2.75. The van der Waals surface area contributed by atoms with E-state index in [4.69, 9.17) is 10.6 Å². The molecule has 17 heavy (non-hydrogen) atoms. The number of rotatable bonds is 2. The zero-order valence-corrected chi connectivity index (χ0v) is 9.51.